The smallest absolute Gasteiger partial charge is 0.245 e. The van der Waals surface area contributed by atoms with Gasteiger partial charge in [0.25, 0.3) is 0 Å². The number of nitrogens with one attached hydrogen (secondary N) is 2. The molecule has 2 aromatic rings. The topological polar surface area (TPSA) is 91.6 Å². The second kappa shape index (κ2) is 10.8. The monoisotopic (exact) mass is 429 g/mol. The molecule has 8 heteroatoms. The van der Waals surface area contributed by atoms with Crippen molar-refractivity contribution in [1.29, 1.82) is 0 Å². The second-order valence-corrected chi connectivity index (χ2v) is 8.18. The second-order valence-electron chi connectivity index (χ2n) is 7.18. The first kappa shape index (κ1) is 21.8. The lowest BCUT2D eigenvalue weighted by Crippen LogP contribution is -2.50. The Labute approximate surface area is 180 Å². The summed E-state index contributed by atoms with van der Waals surface area (Å²) in [4.78, 5) is 40.3. The highest BCUT2D eigenvalue weighted by Crippen LogP contribution is 2.24. The zero-order valence-corrected chi connectivity index (χ0v) is 17.9. The molecule has 3 heterocycles. The van der Waals surface area contributed by atoms with E-state index in [0.29, 0.717) is 25.3 Å². The van der Waals surface area contributed by atoms with E-state index in [2.05, 4.69) is 22.1 Å². The van der Waals surface area contributed by atoms with Gasteiger partial charge in [-0.15, -0.1) is 11.3 Å². The third-order valence-electron chi connectivity index (χ3n) is 4.92. The van der Waals surface area contributed by atoms with Crippen LogP contribution < -0.4 is 10.6 Å². The molecule has 0 radical (unpaired) electrons. The highest BCUT2D eigenvalue weighted by molar-refractivity contribution is 7.10. The number of nitrogens with zero attached hydrogens (tertiary/aromatic N) is 1. The lowest BCUT2D eigenvalue weighted by Gasteiger charge is -2.31. The minimum Gasteiger partial charge on any atom is -0.465 e. The summed E-state index contributed by atoms with van der Waals surface area (Å²) in [6.07, 6.45) is 6.81. The highest BCUT2D eigenvalue weighted by atomic mass is 32.1. The third-order valence-corrected chi connectivity index (χ3v) is 5.95. The van der Waals surface area contributed by atoms with Gasteiger partial charge in [0.2, 0.25) is 17.7 Å². The predicted octanol–water partition coefficient (Wildman–Crippen LogP) is 2.73. The fourth-order valence-electron chi connectivity index (χ4n) is 3.37. The molecule has 0 fully saturated rings. The Morgan fingerprint density at radius 3 is 2.97 bits per heavy atom. The molecule has 7 nitrogen and oxygen atoms in total. The first-order valence-electron chi connectivity index (χ1n) is 10.2. The molecule has 0 bridgehead atoms. The van der Waals surface area contributed by atoms with Gasteiger partial charge in [0.05, 0.1) is 6.26 Å². The van der Waals surface area contributed by atoms with Gasteiger partial charge in [-0.1, -0.05) is 13.3 Å². The van der Waals surface area contributed by atoms with Crippen molar-refractivity contribution in [2.45, 2.75) is 45.2 Å². The number of fused-ring (bicyclic) bond motifs is 1. The molecule has 1 aliphatic rings. The highest BCUT2D eigenvalue weighted by Gasteiger charge is 2.28. The minimum absolute atomic E-state index is 0.0348. The molecule has 30 heavy (non-hydrogen) atoms. The van der Waals surface area contributed by atoms with Crippen LogP contribution in [0.15, 0.2) is 40.3 Å². The van der Waals surface area contributed by atoms with Crippen LogP contribution in [0.5, 0.6) is 0 Å². The van der Waals surface area contributed by atoms with Crippen molar-refractivity contribution in [3.8, 4) is 0 Å². The zero-order chi connectivity index (χ0) is 21.3. The normalized spacial score (nSPS) is 14.4. The Morgan fingerprint density at radius 1 is 1.33 bits per heavy atom. The Morgan fingerprint density at radius 2 is 2.20 bits per heavy atom. The Hall–Kier alpha value is -2.87. The van der Waals surface area contributed by atoms with Gasteiger partial charge in [-0.2, -0.15) is 0 Å². The van der Waals surface area contributed by atoms with E-state index in [4.69, 9.17) is 4.42 Å². The summed E-state index contributed by atoms with van der Waals surface area (Å²) < 4.78 is 5.11. The molecule has 0 saturated carbocycles. The lowest BCUT2D eigenvalue weighted by atomic mass is 10.1. The van der Waals surface area contributed by atoms with Crippen LogP contribution in [0.2, 0.25) is 0 Å². The van der Waals surface area contributed by atoms with E-state index in [1.807, 2.05) is 11.8 Å². The summed E-state index contributed by atoms with van der Waals surface area (Å²) in [5.74, 6) is -0.00539. The molecule has 2 N–H and O–H groups in total. The molecular formula is C22H27N3O4S. The van der Waals surface area contributed by atoms with Crippen molar-refractivity contribution in [3.63, 3.8) is 0 Å². The fraction of sp³-hybridized carbons (Fsp3) is 0.409. The van der Waals surface area contributed by atoms with Crippen LogP contribution in [0.4, 0.5) is 0 Å². The van der Waals surface area contributed by atoms with Gasteiger partial charge in [0.1, 0.15) is 11.8 Å². The quantitative estimate of drug-likeness (QED) is 0.600. The van der Waals surface area contributed by atoms with Gasteiger partial charge in [-0.3, -0.25) is 14.4 Å². The predicted molar refractivity (Wildman–Crippen MR) is 116 cm³/mol. The molecule has 1 aliphatic heterocycles. The van der Waals surface area contributed by atoms with Crippen LogP contribution in [-0.4, -0.2) is 41.8 Å². The van der Waals surface area contributed by atoms with E-state index in [9.17, 15) is 14.4 Å². The van der Waals surface area contributed by atoms with Crippen molar-refractivity contribution in [2.24, 2.45) is 0 Å². The van der Waals surface area contributed by atoms with Gasteiger partial charge in [0, 0.05) is 37.0 Å². The number of carbonyl (C=O) groups is 3. The number of amides is 3. The van der Waals surface area contributed by atoms with Gasteiger partial charge >= 0.3 is 0 Å². The van der Waals surface area contributed by atoms with E-state index in [0.717, 1.165) is 12.8 Å². The molecule has 1 unspecified atom stereocenters. The van der Waals surface area contributed by atoms with Crippen LogP contribution in [-0.2, 0) is 27.3 Å². The van der Waals surface area contributed by atoms with Gasteiger partial charge in [-0.05, 0) is 48.1 Å². The fourth-order valence-corrected chi connectivity index (χ4v) is 4.26. The summed E-state index contributed by atoms with van der Waals surface area (Å²) in [6, 6.07) is 5.01. The molecule has 3 amide bonds. The van der Waals surface area contributed by atoms with Crippen molar-refractivity contribution >= 4 is 35.1 Å². The van der Waals surface area contributed by atoms with Gasteiger partial charge in [0.15, 0.2) is 0 Å². The number of hydrogen-bond donors (Lipinski definition) is 2. The van der Waals surface area contributed by atoms with E-state index in [1.54, 1.807) is 29.5 Å². The first-order valence-corrected chi connectivity index (χ1v) is 11.1. The van der Waals surface area contributed by atoms with Crippen LogP contribution in [0.25, 0.3) is 6.08 Å². The number of rotatable bonds is 9. The summed E-state index contributed by atoms with van der Waals surface area (Å²) in [7, 11) is 0. The molecular weight excluding hydrogens is 402 g/mol. The van der Waals surface area contributed by atoms with Crippen LogP contribution in [0.1, 0.15) is 42.4 Å². The Kier molecular flexibility index (Phi) is 7.84. The van der Waals surface area contributed by atoms with Crippen LogP contribution in [0, 0.1) is 0 Å². The summed E-state index contributed by atoms with van der Waals surface area (Å²) in [5.41, 5.74) is 1.20. The maximum absolute atomic E-state index is 13.0. The largest absolute Gasteiger partial charge is 0.465 e. The number of carbonyl (C=O) groups excluding carboxylic acids is 3. The van der Waals surface area contributed by atoms with E-state index >= 15 is 0 Å². The van der Waals surface area contributed by atoms with E-state index < -0.39 is 6.04 Å². The average Bonchev–Trinajstić information content (AvgIpc) is 3.42. The SMILES string of the molecule is CCCC(NC(=O)CCNC(=O)/C=C/c1ccco1)C(=O)N1CCc2sccc2C1. The molecule has 0 aliphatic carbocycles. The zero-order valence-electron chi connectivity index (χ0n) is 17.1. The Balaban J connectivity index is 1.44. The van der Waals surface area contributed by atoms with Gasteiger partial charge in [-0.25, -0.2) is 0 Å². The number of hydrogen-bond acceptors (Lipinski definition) is 5. The summed E-state index contributed by atoms with van der Waals surface area (Å²) in [5, 5.41) is 7.57. The summed E-state index contributed by atoms with van der Waals surface area (Å²) in [6.45, 7) is 3.47. The molecule has 0 aromatic carbocycles. The molecule has 0 saturated heterocycles. The average molecular weight is 430 g/mol. The number of thiophene rings is 1. The first-order chi connectivity index (χ1) is 14.6. The summed E-state index contributed by atoms with van der Waals surface area (Å²) >= 11 is 1.73. The van der Waals surface area contributed by atoms with Gasteiger partial charge < -0.3 is 20.0 Å². The van der Waals surface area contributed by atoms with Crippen molar-refractivity contribution in [3.05, 3.63) is 52.1 Å². The third kappa shape index (κ3) is 6.06. The lowest BCUT2D eigenvalue weighted by molar-refractivity contribution is -0.137. The Bertz CT molecular complexity index is 888. The number of furan rings is 1. The maximum Gasteiger partial charge on any atom is 0.245 e. The molecule has 2 aromatic heterocycles. The van der Waals surface area contributed by atoms with Crippen LogP contribution in [0.3, 0.4) is 0 Å². The standard InChI is InChI=1S/C22H27N3O4S/c1-2-4-18(22(28)25-12-9-19-16(15-25)10-14-30-19)24-21(27)8-11-23-20(26)7-6-17-5-3-13-29-17/h3,5-7,10,13-14,18H,2,4,8-9,11-12,15H2,1H3,(H,23,26)(H,24,27)/b7-6+. The molecule has 3 rings (SSSR count). The van der Waals surface area contributed by atoms with E-state index in [1.165, 1.54) is 22.8 Å². The van der Waals surface area contributed by atoms with Crippen molar-refractivity contribution in [1.82, 2.24) is 15.5 Å². The molecule has 1 atom stereocenters. The molecule has 160 valence electrons. The minimum atomic E-state index is -0.530. The van der Waals surface area contributed by atoms with Crippen molar-refractivity contribution in [2.75, 3.05) is 13.1 Å². The van der Waals surface area contributed by atoms with E-state index in [-0.39, 0.29) is 30.7 Å². The maximum atomic E-state index is 13.0. The molecule has 0 spiro atoms. The van der Waals surface area contributed by atoms with Crippen LogP contribution >= 0.6 is 11.3 Å². The van der Waals surface area contributed by atoms with Crippen molar-refractivity contribution < 1.29 is 18.8 Å².